The fraction of sp³-hybridized carbons (Fsp3) is 0.286. The molecule has 3 aromatic rings. The van der Waals surface area contributed by atoms with E-state index in [4.69, 9.17) is 17.0 Å². The van der Waals surface area contributed by atoms with Crippen molar-refractivity contribution >= 4 is 18.1 Å². The van der Waals surface area contributed by atoms with Crippen molar-refractivity contribution in [3.63, 3.8) is 0 Å². The quantitative estimate of drug-likeness (QED) is 0.427. The molecule has 28 heavy (non-hydrogen) atoms. The summed E-state index contributed by atoms with van der Waals surface area (Å²) in [6.07, 6.45) is 2.22. The van der Waals surface area contributed by atoms with Crippen LogP contribution >= 0.6 is 12.2 Å². The molecule has 0 bridgehead atoms. The van der Waals surface area contributed by atoms with Gasteiger partial charge in [0, 0.05) is 25.1 Å². The van der Waals surface area contributed by atoms with E-state index in [0.29, 0.717) is 30.1 Å². The summed E-state index contributed by atoms with van der Waals surface area (Å²) >= 11 is 5.32. The first-order valence-corrected chi connectivity index (χ1v) is 9.68. The molecule has 0 radical (unpaired) electrons. The van der Waals surface area contributed by atoms with E-state index < -0.39 is 0 Å². The summed E-state index contributed by atoms with van der Waals surface area (Å²) in [6, 6.07) is 17.9. The molecule has 1 amide bonds. The highest BCUT2D eigenvalue weighted by Crippen LogP contribution is 2.21. The van der Waals surface area contributed by atoms with E-state index in [1.165, 1.54) is 5.56 Å². The molecule has 0 saturated carbocycles. The van der Waals surface area contributed by atoms with Gasteiger partial charge >= 0.3 is 0 Å². The van der Waals surface area contributed by atoms with Crippen molar-refractivity contribution in [2.24, 2.45) is 0 Å². The van der Waals surface area contributed by atoms with E-state index in [0.717, 1.165) is 24.2 Å². The molecule has 0 aliphatic carbocycles. The largest absolute Gasteiger partial charge is 0.497 e. The van der Waals surface area contributed by atoms with Gasteiger partial charge < -0.3 is 10.1 Å². The van der Waals surface area contributed by atoms with Gasteiger partial charge in [0.1, 0.15) is 5.75 Å². The molecule has 0 fully saturated rings. The molecule has 2 N–H and O–H groups in total. The maximum absolute atomic E-state index is 12.2. The number of nitrogens with one attached hydrogen (secondary N) is 2. The molecule has 0 aliphatic rings. The lowest BCUT2D eigenvalue weighted by atomic mass is 10.1. The Morgan fingerprint density at radius 2 is 1.93 bits per heavy atom. The number of methoxy groups -OCH3 is 1. The lowest BCUT2D eigenvalue weighted by Gasteiger charge is -2.09. The third kappa shape index (κ3) is 5.29. The summed E-state index contributed by atoms with van der Waals surface area (Å²) in [4.78, 5) is 12.2. The zero-order chi connectivity index (χ0) is 19.8. The van der Waals surface area contributed by atoms with Crippen LogP contribution in [0.15, 0.2) is 54.6 Å². The molecule has 0 aliphatic heterocycles. The van der Waals surface area contributed by atoms with Gasteiger partial charge in [-0.05, 0) is 54.9 Å². The summed E-state index contributed by atoms with van der Waals surface area (Å²) in [7, 11) is 1.63. The minimum absolute atomic E-state index is 0.0110. The number of aryl methyl sites for hydroxylation is 1. The molecule has 1 heterocycles. The maximum Gasteiger partial charge on any atom is 0.221 e. The molecule has 0 saturated heterocycles. The van der Waals surface area contributed by atoms with Crippen LogP contribution in [0.3, 0.4) is 0 Å². The van der Waals surface area contributed by atoms with Gasteiger partial charge in [0.15, 0.2) is 10.6 Å². The van der Waals surface area contributed by atoms with E-state index >= 15 is 0 Å². The van der Waals surface area contributed by atoms with Gasteiger partial charge in [-0.3, -0.25) is 14.5 Å². The average Bonchev–Trinajstić information content (AvgIpc) is 3.11. The monoisotopic (exact) mass is 396 g/mol. The van der Waals surface area contributed by atoms with E-state index in [9.17, 15) is 4.79 Å². The predicted octanol–water partition coefficient (Wildman–Crippen LogP) is 3.76. The molecule has 146 valence electrons. The Kier molecular flexibility index (Phi) is 6.97. The van der Waals surface area contributed by atoms with Gasteiger partial charge in [0.25, 0.3) is 0 Å². The Morgan fingerprint density at radius 1 is 1.18 bits per heavy atom. The van der Waals surface area contributed by atoms with E-state index in [-0.39, 0.29) is 5.91 Å². The number of carbonyl (C=O) groups is 1. The number of nitrogens with zero attached hydrogens (tertiary/aromatic N) is 2. The SMILES string of the molecule is COc1ccc(-c2n[nH]c(=S)n2CCC(=O)NCCCc2ccccc2)cc1. The van der Waals surface area contributed by atoms with E-state index in [2.05, 4.69) is 27.6 Å². The normalized spacial score (nSPS) is 10.6. The Bertz CT molecular complexity index is 949. The van der Waals surface area contributed by atoms with Crippen molar-refractivity contribution in [1.29, 1.82) is 0 Å². The number of aromatic amines is 1. The molecule has 7 heteroatoms. The second-order valence-corrected chi connectivity index (χ2v) is 6.81. The predicted molar refractivity (Wildman–Crippen MR) is 112 cm³/mol. The highest BCUT2D eigenvalue weighted by atomic mass is 32.1. The van der Waals surface area contributed by atoms with Crippen LogP contribution in [0.2, 0.25) is 0 Å². The number of H-pyrrole nitrogens is 1. The van der Waals surface area contributed by atoms with Crippen molar-refractivity contribution < 1.29 is 9.53 Å². The summed E-state index contributed by atoms with van der Waals surface area (Å²) in [5.74, 6) is 1.50. The third-order valence-electron chi connectivity index (χ3n) is 4.48. The molecular weight excluding hydrogens is 372 g/mol. The molecule has 2 aromatic carbocycles. The Labute approximate surface area is 169 Å². The molecule has 0 unspecified atom stereocenters. The van der Waals surface area contributed by atoms with Gasteiger partial charge in [-0.2, -0.15) is 5.10 Å². The van der Waals surface area contributed by atoms with Crippen molar-refractivity contribution in [1.82, 2.24) is 20.1 Å². The molecule has 1 aromatic heterocycles. The lowest BCUT2D eigenvalue weighted by Crippen LogP contribution is -2.25. The van der Waals surface area contributed by atoms with Gasteiger partial charge in [-0.1, -0.05) is 30.3 Å². The standard InChI is InChI=1S/C21H24N4O2S/c1-27-18-11-9-17(10-12-18)20-23-24-21(28)25(20)15-13-19(26)22-14-5-8-16-6-3-2-4-7-16/h2-4,6-7,9-12H,5,8,13-15H2,1H3,(H,22,26)(H,24,28). The number of hydrogen-bond acceptors (Lipinski definition) is 4. The topological polar surface area (TPSA) is 71.9 Å². The van der Waals surface area contributed by atoms with E-state index in [1.807, 2.05) is 47.0 Å². The maximum atomic E-state index is 12.2. The van der Waals surface area contributed by atoms with Crippen LogP contribution in [-0.2, 0) is 17.8 Å². The average molecular weight is 397 g/mol. The van der Waals surface area contributed by atoms with Gasteiger partial charge in [0.2, 0.25) is 5.91 Å². The molecule has 0 spiro atoms. The van der Waals surface area contributed by atoms with Crippen molar-refractivity contribution in [2.75, 3.05) is 13.7 Å². The highest BCUT2D eigenvalue weighted by Gasteiger charge is 2.11. The van der Waals surface area contributed by atoms with Crippen molar-refractivity contribution in [2.45, 2.75) is 25.8 Å². The van der Waals surface area contributed by atoms with Crippen LogP contribution in [0.1, 0.15) is 18.4 Å². The Balaban J connectivity index is 1.50. The van der Waals surface area contributed by atoms with Crippen LogP contribution in [0, 0.1) is 4.77 Å². The summed E-state index contributed by atoms with van der Waals surface area (Å²) in [5, 5.41) is 10.1. The lowest BCUT2D eigenvalue weighted by molar-refractivity contribution is -0.121. The number of hydrogen-bond donors (Lipinski definition) is 2. The zero-order valence-corrected chi connectivity index (χ0v) is 16.7. The second kappa shape index (κ2) is 9.85. The second-order valence-electron chi connectivity index (χ2n) is 6.42. The fourth-order valence-corrected chi connectivity index (χ4v) is 3.18. The summed E-state index contributed by atoms with van der Waals surface area (Å²) in [6.45, 7) is 1.14. The molecule has 0 atom stereocenters. The first-order valence-electron chi connectivity index (χ1n) is 9.27. The number of rotatable bonds is 9. The van der Waals surface area contributed by atoms with Gasteiger partial charge in [-0.25, -0.2) is 0 Å². The molecule has 3 rings (SSSR count). The van der Waals surface area contributed by atoms with Crippen LogP contribution in [0.5, 0.6) is 5.75 Å². The van der Waals surface area contributed by atoms with Gasteiger partial charge in [-0.15, -0.1) is 0 Å². The number of aromatic nitrogens is 3. The molecule has 6 nitrogen and oxygen atoms in total. The smallest absolute Gasteiger partial charge is 0.221 e. The first kappa shape index (κ1) is 19.8. The van der Waals surface area contributed by atoms with Crippen molar-refractivity contribution in [3.8, 4) is 17.1 Å². The highest BCUT2D eigenvalue weighted by molar-refractivity contribution is 7.71. The number of amides is 1. The Morgan fingerprint density at radius 3 is 2.64 bits per heavy atom. The first-order chi connectivity index (χ1) is 13.7. The minimum Gasteiger partial charge on any atom is -0.497 e. The summed E-state index contributed by atoms with van der Waals surface area (Å²) < 4.78 is 7.54. The van der Waals surface area contributed by atoms with Crippen LogP contribution < -0.4 is 10.1 Å². The fourth-order valence-electron chi connectivity index (χ4n) is 2.95. The van der Waals surface area contributed by atoms with E-state index in [1.54, 1.807) is 7.11 Å². The Hall–Kier alpha value is -2.93. The number of benzene rings is 2. The summed E-state index contributed by atoms with van der Waals surface area (Å²) in [5.41, 5.74) is 2.20. The minimum atomic E-state index is 0.0110. The van der Waals surface area contributed by atoms with Crippen LogP contribution in [0.25, 0.3) is 11.4 Å². The number of ether oxygens (including phenoxy) is 1. The van der Waals surface area contributed by atoms with Crippen molar-refractivity contribution in [3.05, 3.63) is 64.9 Å². The van der Waals surface area contributed by atoms with Crippen LogP contribution in [-0.4, -0.2) is 34.3 Å². The molecular formula is C21H24N4O2S. The van der Waals surface area contributed by atoms with Crippen LogP contribution in [0.4, 0.5) is 0 Å². The third-order valence-corrected chi connectivity index (χ3v) is 4.79. The number of carbonyl (C=O) groups excluding carboxylic acids is 1. The zero-order valence-electron chi connectivity index (χ0n) is 15.9. The van der Waals surface area contributed by atoms with Gasteiger partial charge in [0.05, 0.1) is 7.11 Å².